The molecule has 4 nitrogen and oxygen atoms in total. The summed E-state index contributed by atoms with van der Waals surface area (Å²) in [6.45, 7) is 11.3. The van der Waals surface area contributed by atoms with Crippen molar-refractivity contribution in [2.24, 2.45) is 11.8 Å². The Morgan fingerprint density at radius 1 is 0.425 bits per heavy atom. The molecule has 0 aliphatic carbocycles. The van der Waals surface area contributed by atoms with Crippen LogP contribution in [0, 0.1) is 11.8 Å². The molecule has 2 aliphatic rings. The molecule has 0 aromatic heterocycles. The van der Waals surface area contributed by atoms with Crippen molar-refractivity contribution in [3.8, 4) is 0 Å². The van der Waals surface area contributed by atoms with Gasteiger partial charge in [-0.2, -0.15) is 0 Å². The second-order valence-corrected chi connectivity index (χ2v) is 11.6. The lowest BCUT2D eigenvalue weighted by atomic mass is 10.0. The van der Waals surface area contributed by atoms with E-state index in [4.69, 9.17) is 0 Å². The van der Waals surface area contributed by atoms with Crippen LogP contribution in [0.1, 0.15) is 27.7 Å². The Bertz CT molecular complexity index is 1310. The highest BCUT2D eigenvalue weighted by Gasteiger charge is 2.47. The van der Waals surface area contributed by atoms with Crippen LogP contribution < -0.4 is 19.6 Å². The summed E-state index contributed by atoms with van der Waals surface area (Å²) in [5.74, 6) is 3.41. The Balaban J connectivity index is 1.69. The third-order valence-corrected chi connectivity index (χ3v) is 8.31. The number of anilines is 4. The van der Waals surface area contributed by atoms with Gasteiger partial charge in [0, 0.05) is 35.8 Å². The predicted molar refractivity (Wildman–Crippen MR) is 170 cm³/mol. The minimum Gasteiger partial charge on any atom is -0.323 e. The summed E-state index contributed by atoms with van der Waals surface area (Å²) in [6, 6.07) is 44.4. The summed E-state index contributed by atoms with van der Waals surface area (Å²) in [4.78, 5) is 10.3. The van der Waals surface area contributed by atoms with Crippen molar-refractivity contribution in [2.45, 2.75) is 39.8 Å². The first kappa shape index (κ1) is 26.1. The molecular weight excluding hydrogens is 488 g/mol. The van der Waals surface area contributed by atoms with E-state index in [-0.39, 0.29) is 0 Å². The summed E-state index contributed by atoms with van der Waals surface area (Å²) in [6.07, 6.45) is 0. The van der Waals surface area contributed by atoms with Crippen LogP contribution in [0.2, 0.25) is 0 Å². The number of nitrogens with zero attached hydrogens (tertiary/aromatic N) is 4. The number of rotatable bonds is 6. The molecule has 0 amide bonds. The molecule has 2 unspecified atom stereocenters. The maximum Gasteiger partial charge on any atom is 0.156 e. The molecule has 2 heterocycles. The zero-order valence-electron chi connectivity index (χ0n) is 24.1. The molecule has 0 bridgehead atoms. The van der Waals surface area contributed by atoms with Crippen LogP contribution in [0.4, 0.5) is 22.7 Å². The Morgan fingerprint density at radius 2 is 0.700 bits per heavy atom. The van der Waals surface area contributed by atoms with E-state index in [0.29, 0.717) is 23.9 Å². The van der Waals surface area contributed by atoms with Crippen molar-refractivity contribution in [3.05, 3.63) is 133 Å². The van der Waals surface area contributed by atoms with Gasteiger partial charge in [0.25, 0.3) is 0 Å². The monoisotopic (exact) mass is 528 g/mol. The smallest absolute Gasteiger partial charge is 0.156 e. The van der Waals surface area contributed by atoms with E-state index in [1.807, 2.05) is 0 Å². The van der Waals surface area contributed by atoms with Gasteiger partial charge in [-0.3, -0.25) is 0 Å². The lowest BCUT2D eigenvalue weighted by Crippen LogP contribution is -2.39. The van der Waals surface area contributed by atoms with Crippen molar-refractivity contribution in [1.29, 1.82) is 0 Å². The topological polar surface area (TPSA) is 13.0 Å². The fourth-order valence-corrected chi connectivity index (χ4v) is 6.24. The van der Waals surface area contributed by atoms with Crippen LogP contribution in [-0.4, -0.2) is 25.2 Å². The number of benzene rings is 4. The average Bonchev–Trinajstić information content (AvgIpc) is 3.59. The van der Waals surface area contributed by atoms with E-state index < -0.39 is 0 Å². The molecule has 0 N–H and O–H groups in total. The fraction of sp³-hybridized carbons (Fsp3) is 0.278. The maximum atomic E-state index is 2.61. The molecule has 4 heteroatoms. The minimum atomic E-state index is 0.318. The van der Waals surface area contributed by atoms with Crippen molar-refractivity contribution in [2.75, 3.05) is 32.7 Å². The lowest BCUT2D eigenvalue weighted by Gasteiger charge is -2.36. The number of hydrogen-bond donors (Lipinski definition) is 0. The molecule has 2 atom stereocenters. The van der Waals surface area contributed by atoms with Crippen LogP contribution in [0.25, 0.3) is 0 Å². The molecule has 2 saturated heterocycles. The minimum absolute atomic E-state index is 0.318. The normalized spacial score (nSPS) is 21.2. The van der Waals surface area contributed by atoms with Crippen molar-refractivity contribution < 1.29 is 0 Å². The second-order valence-electron chi connectivity index (χ2n) is 11.6. The van der Waals surface area contributed by atoms with Crippen molar-refractivity contribution in [1.82, 2.24) is 0 Å². The van der Waals surface area contributed by atoms with Crippen molar-refractivity contribution in [3.63, 3.8) is 0 Å². The molecule has 4 aromatic carbocycles. The molecule has 204 valence electrons. The van der Waals surface area contributed by atoms with Gasteiger partial charge in [-0.15, -0.1) is 0 Å². The van der Waals surface area contributed by atoms with E-state index >= 15 is 0 Å². The molecule has 40 heavy (non-hydrogen) atoms. The summed E-state index contributed by atoms with van der Waals surface area (Å²) in [5.41, 5.74) is 4.92. The quantitative estimate of drug-likeness (QED) is 0.250. The summed E-state index contributed by atoms with van der Waals surface area (Å²) in [7, 11) is 0. The first-order chi connectivity index (χ1) is 19.5. The standard InChI is InChI=1S/C36H40N4/c1-27(2)33-25-37(29-17-9-5-10-18-29)35(39(33)31-21-13-7-14-22-31)36-38(30-19-11-6-12-20-30)26-34(28(3)4)40(36)32-23-15-8-16-24-32/h5-24,27-28,33-34H,25-26H2,1-4H3/b36-35+. The van der Waals surface area contributed by atoms with Crippen LogP contribution >= 0.6 is 0 Å². The maximum absolute atomic E-state index is 2.61. The highest BCUT2D eigenvalue weighted by atomic mass is 15.5. The number of hydrogen-bond acceptors (Lipinski definition) is 4. The number of para-hydroxylation sites is 4. The van der Waals surface area contributed by atoms with E-state index in [1.54, 1.807) is 0 Å². The highest BCUT2D eigenvalue weighted by molar-refractivity contribution is 5.74. The van der Waals surface area contributed by atoms with Gasteiger partial charge < -0.3 is 19.6 Å². The molecule has 0 saturated carbocycles. The van der Waals surface area contributed by atoms with Crippen LogP contribution in [0.5, 0.6) is 0 Å². The summed E-state index contributed by atoms with van der Waals surface area (Å²) in [5, 5.41) is 0. The van der Waals surface area contributed by atoms with Gasteiger partial charge in [0.15, 0.2) is 11.6 Å². The van der Waals surface area contributed by atoms with Crippen LogP contribution in [0.3, 0.4) is 0 Å². The first-order valence-electron chi connectivity index (χ1n) is 14.6. The SMILES string of the molecule is CC(C)C1CN(c2ccccc2)/C(=C2/N(c3ccccc3)CC(C(C)C)N2c2ccccc2)N1c1ccccc1. The van der Waals surface area contributed by atoms with Gasteiger partial charge in [0.1, 0.15) is 0 Å². The van der Waals surface area contributed by atoms with Gasteiger partial charge in [0.2, 0.25) is 0 Å². The molecule has 2 fully saturated rings. The first-order valence-corrected chi connectivity index (χ1v) is 14.6. The van der Waals surface area contributed by atoms with Crippen molar-refractivity contribution >= 4 is 22.7 Å². The molecule has 4 aromatic rings. The lowest BCUT2D eigenvalue weighted by molar-refractivity contribution is 0.515. The van der Waals surface area contributed by atoms with Crippen LogP contribution in [0.15, 0.2) is 133 Å². The molecule has 2 aliphatic heterocycles. The largest absolute Gasteiger partial charge is 0.323 e. The molecule has 0 spiro atoms. The molecular formula is C36H40N4. The van der Waals surface area contributed by atoms with Gasteiger partial charge >= 0.3 is 0 Å². The fourth-order valence-electron chi connectivity index (χ4n) is 6.24. The van der Waals surface area contributed by atoms with Crippen LogP contribution in [-0.2, 0) is 0 Å². The van der Waals surface area contributed by atoms with E-state index in [1.165, 1.54) is 34.4 Å². The third kappa shape index (κ3) is 4.72. The molecule has 0 radical (unpaired) electrons. The van der Waals surface area contributed by atoms with Gasteiger partial charge in [0.05, 0.1) is 12.1 Å². The zero-order valence-corrected chi connectivity index (χ0v) is 24.1. The predicted octanol–water partition coefficient (Wildman–Crippen LogP) is 8.22. The van der Waals surface area contributed by atoms with E-state index in [0.717, 1.165) is 13.1 Å². The Labute approximate surface area is 239 Å². The van der Waals surface area contributed by atoms with Gasteiger partial charge in [-0.05, 0) is 60.4 Å². The highest BCUT2D eigenvalue weighted by Crippen LogP contribution is 2.45. The van der Waals surface area contributed by atoms with E-state index in [2.05, 4.69) is 169 Å². The zero-order chi connectivity index (χ0) is 27.6. The Hall–Kier alpha value is -4.18. The second kappa shape index (κ2) is 11.1. The summed E-state index contributed by atoms with van der Waals surface area (Å²) < 4.78 is 0. The Kier molecular flexibility index (Phi) is 7.25. The van der Waals surface area contributed by atoms with E-state index in [9.17, 15) is 0 Å². The average molecular weight is 529 g/mol. The summed E-state index contributed by atoms with van der Waals surface area (Å²) >= 11 is 0. The van der Waals surface area contributed by atoms with Gasteiger partial charge in [-0.1, -0.05) is 100 Å². The Morgan fingerprint density at radius 3 is 0.975 bits per heavy atom. The molecule has 6 rings (SSSR count). The van der Waals surface area contributed by atoms with Gasteiger partial charge in [-0.25, -0.2) is 0 Å². The third-order valence-electron chi connectivity index (χ3n) is 8.31.